The zero-order valence-electron chi connectivity index (χ0n) is 11.2. The van der Waals surface area contributed by atoms with Gasteiger partial charge in [-0.25, -0.2) is 9.79 Å². The van der Waals surface area contributed by atoms with Crippen LogP contribution in [0.2, 0.25) is 0 Å². The van der Waals surface area contributed by atoms with Crippen LogP contribution in [-0.2, 0) is 0 Å². The molecule has 0 aliphatic rings. The molecule has 1 heterocycles. The normalized spacial score (nSPS) is 11.3. The Morgan fingerprint density at radius 1 is 0.955 bits per heavy atom. The summed E-state index contributed by atoms with van der Waals surface area (Å²) < 4.78 is 5.08. The van der Waals surface area contributed by atoms with Crippen molar-refractivity contribution in [3.05, 3.63) is 58.4 Å². The van der Waals surface area contributed by atoms with Gasteiger partial charge in [0.05, 0.1) is 0 Å². The number of nitrogens with zero attached hydrogens (tertiary/aromatic N) is 1. The third-order valence-corrected chi connectivity index (χ3v) is 3.06. The van der Waals surface area contributed by atoms with Crippen LogP contribution in [0, 0.1) is 0 Å². The zero-order chi connectivity index (χ0) is 15.7. The number of phenols is 3. The highest BCUT2D eigenvalue weighted by Crippen LogP contribution is 2.23. The molecule has 0 bridgehead atoms. The van der Waals surface area contributed by atoms with Gasteiger partial charge in [-0.3, -0.25) is 0 Å². The third-order valence-electron chi connectivity index (χ3n) is 3.06. The minimum absolute atomic E-state index is 0.000849. The van der Waals surface area contributed by atoms with Crippen molar-refractivity contribution in [2.45, 2.75) is 0 Å². The predicted octanol–water partition coefficient (Wildman–Crippen LogP) is 2.66. The van der Waals surface area contributed by atoms with Crippen molar-refractivity contribution in [2.75, 3.05) is 0 Å². The van der Waals surface area contributed by atoms with Gasteiger partial charge in [0, 0.05) is 29.3 Å². The third kappa shape index (κ3) is 2.62. The van der Waals surface area contributed by atoms with Gasteiger partial charge in [-0.2, -0.15) is 0 Å². The number of rotatable bonds is 2. The first-order chi connectivity index (χ1) is 10.5. The molecule has 1 aromatic heterocycles. The van der Waals surface area contributed by atoms with Gasteiger partial charge < -0.3 is 19.7 Å². The molecule has 0 radical (unpaired) electrons. The SMILES string of the molecule is O=c1oc2cc(O)ccc2cc1N=Cc1ccc(O)cc1O. The van der Waals surface area contributed by atoms with E-state index >= 15 is 0 Å². The Kier molecular flexibility index (Phi) is 3.27. The molecule has 0 spiro atoms. The Balaban J connectivity index is 2.03. The van der Waals surface area contributed by atoms with Gasteiger partial charge in [0.2, 0.25) is 0 Å². The molecule has 2 aromatic carbocycles. The number of hydrogen-bond acceptors (Lipinski definition) is 6. The van der Waals surface area contributed by atoms with E-state index in [1.807, 2.05) is 0 Å². The summed E-state index contributed by atoms with van der Waals surface area (Å²) in [5.74, 6) is -0.223. The standard InChI is InChI=1S/C16H11NO5/c18-11-4-2-10(14(20)6-11)8-17-13-5-9-1-3-12(19)7-15(9)22-16(13)21/h1-8,18-20H. The average molecular weight is 297 g/mol. The second-order valence-electron chi connectivity index (χ2n) is 4.64. The smallest absolute Gasteiger partial charge is 0.362 e. The monoisotopic (exact) mass is 297 g/mol. The van der Waals surface area contributed by atoms with Crippen LogP contribution >= 0.6 is 0 Å². The highest BCUT2D eigenvalue weighted by molar-refractivity contribution is 5.87. The fourth-order valence-corrected chi connectivity index (χ4v) is 1.96. The summed E-state index contributed by atoms with van der Waals surface area (Å²) in [4.78, 5) is 15.8. The molecule has 0 amide bonds. The average Bonchev–Trinajstić information content (AvgIpc) is 2.46. The Hall–Kier alpha value is -3.28. The van der Waals surface area contributed by atoms with E-state index in [0.717, 1.165) is 0 Å². The summed E-state index contributed by atoms with van der Waals surface area (Å²) in [6, 6.07) is 9.98. The zero-order valence-corrected chi connectivity index (χ0v) is 11.2. The van der Waals surface area contributed by atoms with Crippen LogP contribution in [0.15, 0.2) is 56.7 Å². The molecule has 0 unspecified atom stereocenters. The number of fused-ring (bicyclic) bond motifs is 1. The molecule has 6 nitrogen and oxygen atoms in total. The Morgan fingerprint density at radius 2 is 1.68 bits per heavy atom. The topological polar surface area (TPSA) is 103 Å². The van der Waals surface area contributed by atoms with Crippen molar-refractivity contribution in [3.63, 3.8) is 0 Å². The van der Waals surface area contributed by atoms with Crippen LogP contribution in [0.1, 0.15) is 5.56 Å². The first kappa shape index (κ1) is 13.7. The molecule has 0 aliphatic carbocycles. The maximum atomic E-state index is 11.8. The Morgan fingerprint density at radius 3 is 2.45 bits per heavy atom. The Labute approximate surface area is 124 Å². The summed E-state index contributed by atoms with van der Waals surface area (Å²) in [6.07, 6.45) is 1.30. The maximum absolute atomic E-state index is 11.8. The van der Waals surface area contributed by atoms with E-state index in [2.05, 4.69) is 4.99 Å². The molecule has 3 N–H and O–H groups in total. The number of phenolic OH excluding ortho intramolecular Hbond substituents is 3. The molecule has 110 valence electrons. The molecular weight excluding hydrogens is 286 g/mol. The van der Waals surface area contributed by atoms with Gasteiger partial charge in [0.15, 0.2) is 0 Å². The number of hydrogen-bond donors (Lipinski definition) is 3. The second kappa shape index (κ2) is 5.25. The van der Waals surface area contributed by atoms with Gasteiger partial charge in [-0.05, 0) is 30.3 Å². The first-order valence-corrected chi connectivity index (χ1v) is 6.36. The second-order valence-corrected chi connectivity index (χ2v) is 4.64. The van der Waals surface area contributed by atoms with Gasteiger partial charge in [-0.15, -0.1) is 0 Å². The van der Waals surface area contributed by atoms with Crippen molar-refractivity contribution < 1.29 is 19.7 Å². The first-order valence-electron chi connectivity index (χ1n) is 6.36. The quantitative estimate of drug-likeness (QED) is 0.498. The molecular formula is C16H11NO5. The van der Waals surface area contributed by atoms with Crippen LogP contribution in [0.3, 0.4) is 0 Å². The van der Waals surface area contributed by atoms with Crippen molar-refractivity contribution in [1.29, 1.82) is 0 Å². The predicted molar refractivity (Wildman–Crippen MR) is 81.2 cm³/mol. The molecule has 0 fully saturated rings. The van der Waals surface area contributed by atoms with Crippen LogP contribution in [0.5, 0.6) is 17.2 Å². The molecule has 0 saturated heterocycles. The largest absolute Gasteiger partial charge is 0.508 e. The van der Waals surface area contributed by atoms with Gasteiger partial charge in [-0.1, -0.05) is 0 Å². The van der Waals surface area contributed by atoms with Crippen molar-refractivity contribution in [2.24, 2.45) is 4.99 Å². The minimum Gasteiger partial charge on any atom is -0.508 e. The highest BCUT2D eigenvalue weighted by atomic mass is 16.4. The lowest BCUT2D eigenvalue weighted by Gasteiger charge is -2.00. The van der Waals surface area contributed by atoms with E-state index in [4.69, 9.17) is 4.42 Å². The lowest BCUT2D eigenvalue weighted by atomic mass is 10.2. The van der Waals surface area contributed by atoms with Gasteiger partial charge in [0.1, 0.15) is 28.5 Å². The van der Waals surface area contributed by atoms with Crippen LogP contribution in [0.4, 0.5) is 5.69 Å². The number of aromatic hydroxyl groups is 3. The lowest BCUT2D eigenvalue weighted by Crippen LogP contribution is -1.98. The van der Waals surface area contributed by atoms with Crippen LogP contribution < -0.4 is 5.63 Å². The van der Waals surface area contributed by atoms with E-state index in [1.165, 1.54) is 42.6 Å². The van der Waals surface area contributed by atoms with Gasteiger partial charge >= 0.3 is 5.63 Å². The van der Waals surface area contributed by atoms with Crippen molar-refractivity contribution in [3.8, 4) is 17.2 Å². The van der Waals surface area contributed by atoms with E-state index in [-0.39, 0.29) is 28.5 Å². The van der Waals surface area contributed by atoms with E-state index in [0.29, 0.717) is 10.9 Å². The molecule has 3 aromatic rings. The molecule has 6 heteroatoms. The van der Waals surface area contributed by atoms with E-state index in [9.17, 15) is 20.1 Å². The fraction of sp³-hybridized carbons (Fsp3) is 0. The summed E-state index contributed by atoms with van der Waals surface area (Å²) in [7, 11) is 0. The molecule has 22 heavy (non-hydrogen) atoms. The number of aliphatic imine (C=N–C) groups is 1. The molecule has 0 aliphatic heterocycles. The highest BCUT2D eigenvalue weighted by Gasteiger charge is 2.05. The van der Waals surface area contributed by atoms with Gasteiger partial charge in [0.25, 0.3) is 0 Å². The van der Waals surface area contributed by atoms with E-state index in [1.54, 1.807) is 6.07 Å². The molecule has 3 rings (SSSR count). The molecule has 0 saturated carbocycles. The summed E-state index contributed by atoms with van der Waals surface area (Å²) in [5.41, 5.74) is 0.0118. The summed E-state index contributed by atoms with van der Waals surface area (Å²) >= 11 is 0. The van der Waals surface area contributed by atoms with Crippen molar-refractivity contribution >= 4 is 22.9 Å². The lowest BCUT2D eigenvalue weighted by molar-refractivity contribution is 0.450. The fourth-order valence-electron chi connectivity index (χ4n) is 1.96. The number of benzene rings is 2. The van der Waals surface area contributed by atoms with Crippen molar-refractivity contribution in [1.82, 2.24) is 0 Å². The minimum atomic E-state index is -0.660. The Bertz CT molecular complexity index is 943. The van der Waals surface area contributed by atoms with E-state index < -0.39 is 5.63 Å². The molecule has 0 atom stereocenters. The summed E-state index contributed by atoms with van der Waals surface area (Å²) in [5, 5.41) is 28.8. The van der Waals surface area contributed by atoms with Crippen LogP contribution in [-0.4, -0.2) is 21.5 Å². The van der Waals surface area contributed by atoms with Crippen LogP contribution in [0.25, 0.3) is 11.0 Å². The summed E-state index contributed by atoms with van der Waals surface area (Å²) in [6.45, 7) is 0. The maximum Gasteiger partial charge on any atom is 0.362 e.